The standard InChI is InChI=1S/C13H20N2O3/c1-5-8-13(9(6-2)7-3)10(16)14-12(18)15(4)11(13)17/h6H,5,7-8H2,1-4H3,(H,14,16,18)/b9-6-. The van der Waals surface area contributed by atoms with Crippen molar-refractivity contribution in [1.29, 1.82) is 0 Å². The molecule has 1 rings (SSSR count). The number of nitrogens with zero attached hydrogens (tertiary/aromatic N) is 1. The van der Waals surface area contributed by atoms with E-state index < -0.39 is 23.3 Å². The van der Waals surface area contributed by atoms with E-state index in [1.54, 1.807) is 6.08 Å². The van der Waals surface area contributed by atoms with Crippen LogP contribution in [0.1, 0.15) is 40.0 Å². The van der Waals surface area contributed by atoms with Crippen LogP contribution in [0.2, 0.25) is 0 Å². The third kappa shape index (κ3) is 1.94. The molecule has 0 saturated carbocycles. The Labute approximate surface area is 107 Å². The summed E-state index contributed by atoms with van der Waals surface area (Å²) >= 11 is 0. The zero-order valence-electron chi connectivity index (χ0n) is 11.4. The maximum Gasteiger partial charge on any atom is 0.330 e. The average molecular weight is 252 g/mol. The highest BCUT2D eigenvalue weighted by molar-refractivity contribution is 6.20. The molecule has 0 spiro atoms. The number of urea groups is 1. The van der Waals surface area contributed by atoms with Gasteiger partial charge in [-0.15, -0.1) is 0 Å². The molecule has 0 aliphatic carbocycles. The van der Waals surface area contributed by atoms with Crippen LogP contribution in [0.5, 0.6) is 0 Å². The van der Waals surface area contributed by atoms with E-state index in [1.165, 1.54) is 7.05 Å². The van der Waals surface area contributed by atoms with E-state index in [-0.39, 0.29) is 0 Å². The molecule has 100 valence electrons. The highest BCUT2D eigenvalue weighted by Crippen LogP contribution is 2.39. The summed E-state index contributed by atoms with van der Waals surface area (Å²) in [6.07, 6.45) is 3.52. The molecule has 18 heavy (non-hydrogen) atoms. The number of allylic oxidation sites excluding steroid dienone is 1. The third-order valence-corrected chi connectivity index (χ3v) is 3.48. The normalized spacial score (nSPS) is 25.4. The van der Waals surface area contributed by atoms with E-state index in [9.17, 15) is 14.4 Å². The second-order valence-corrected chi connectivity index (χ2v) is 4.45. The lowest BCUT2D eigenvalue weighted by Crippen LogP contribution is -2.63. The lowest BCUT2D eigenvalue weighted by molar-refractivity contribution is -0.148. The molecule has 0 aromatic carbocycles. The highest BCUT2D eigenvalue weighted by atomic mass is 16.2. The van der Waals surface area contributed by atoms with Gasteiger partial charge in [-0.25, -0.2) is 4.79 Å². The van der Waals surface area contributed by atoms with E-state index in [4.69, 9.17) is 0 Å². The summed E-state index contributed by atoms with van der Waals surface area (Å²) in [6, 6.07) is -0.650. The molecule has 1 saturated heterocycles. The fourth-order valence-corrected chi connectivity index (χ4v) is 2.55. The Balaban J connectivity index is 3.36. The molecule has 1 atom stereocenters. The smallest absolute Gasteiger partial charge is 0.276 e. The summed E-state index contributed by atoms with van der Waals surface area (Å²) in [6.45, 7) is 5.64. The molecule has 1 aliphatic heterocycles. The van der Waals surface area contributed by atoms with Gasteiger partial charge in [0.25, 0.3) is 0 Å². The second-order valence-electron chi connectivity index (χ2n) is 4.45. The van der Waals surface area contributed by atoms with Crippen molar-refractivity contribution in [2.75, 3.05) is 7.05 Å². The molecule has 1 aliphatic rings. The van der Waals surface area contributed by atoms with Gasteiger partial charge in [0, 0.05) is 7.05 Å². The predicted octanol–water partition coefficient (Wildman–Crippen LogP) is 1.84. The first-order valence-electron chi connectivity index (χ1n) is 6.24. The topological polar surface area (TPSA) is 66.5 Å². The minimum absolute atomic E-state index is 0.419. The van der Waals surface area contributed by atoms with Gasteiger partial charge < -0.3 is 0 Å². The molecule has 1 heterocycles. The fourth-order valence-electron chi connectivity index (χ4n) is 2.55. The largest absolute Gasteiger partial charge is 0.330 e. The summed E-state index contributed by atoms with van der Waals surface area (Å²) < 4.78 is 0. The Hall–Kier alpha value is -1.65. The average Bonchev–Trinajstić information content (AvgIpc) is 2.35. The van der Waals surface area contributed by atoms with Crippen molar-refractivity contribution in [1.82, 2.24) is 10.2 Å². The highest BCUT2D eigenvalue weighted by Gasteiger charge is 2.53. The van der Waals surface area contributed by atoms with Gasteiger partial charge in [-0.1, -0.05) is 26.3 Å². The number of hydrogen-bond acceptors (Lipinski definition) is 3. The van der Waals surface area contributed by atoms with Crippen molar-refractivity contribution in [3.8, 4) is 0 Å². The van der Waals surface area contributed by atoms with Crippen LogP contribution in [-0.2, 0) is 9.59 Å². The molecule has 1 unspecified atom stereocenters. The molecular weight excluding hydrogens is 232 g/mol. The van der Waals surface area contributed by atoms with Crippen LogP contribution in [0, 0.1) is 5.41 Å². The Morgan fingerprint density at radius 1 is 1.33 bits per heavy atom. The number of hydrogen-bond donors (Lipinski definition) is 1. The number of barbiturate groups is 1. The van der Waals surface area contributed by atoms with Gasteiger partial charge in [0.2, 0.25) is 11.8 Å². The van der Waals surface area contributed by atoms with Crippen LogP contribution in [-0.4, -0.2) is 29.8 Å². The number of carbonyl (C=O) groups is 3. The summed E-state index contributed by atoms with van der Waals surface area (Å²) in [5.41, 5.74) is -0.438. The minimum atomic E-state index is -1.21. The van der Waals surface area contributed by atoms with Crippen LogP contribution in [0.4, 0.5) is 4.79 Å². The van der Waals surface area contributed by atoms with Crippen LogP contribution >= 0.6 is 0 Å². The van der Waals surface area contributed by atoms with Crippen LogP contribution < -0.4 is 5.32 Å². The first-order chi connectivity index (χ1) is 8.45. The van der Waals surface area contributed by atoms with Gasteiger partial charge in [0.1, 0.15) is 5.41 Å². The first-order valence-corrected chi connectivity index (χ1v) is 6.24. The summed E-state index contributed by atoms with van der Waals surface area (Å²) in [5.74, 6) is -0.916. The van der Waals surface area contributed by atoms with Gasteiger partial charge >= 0.3 is 6.03 Å². The predicted molar refractivity (Wildman–Crippen MR) is 67.7 cm³/mol. The van der Waals surface area contributed by atoms with Gasteiger partial charge in [0.15, 0.2) is 0 Å². The van der Waals surface area contributed by atoms with Crippen molar-refractivity contribution in [2.24, 2.45) is 5.41 Å². The molecule has 0 aromatic heterocycles. The van der Waals surface area contributed by atoms with Gasteiger partial charge in [-0.3, -0.25) is 19.8 Å². The third-order valence-electron chi connectivity index (χ3n) is 3.48. The van der Waals surface area contributed by atoms with Crippen molar-refractivity contribution in [3.05, 3.63) is 11.6 Å². The molecule has 5 heteroatoms. The van der Waals surface area contributed by atoms with E-state index in [1.807, 2.05) is 20.8 Å². The van der Waals surface area contributed by atoms with Crippen molar-refractivity contribution in [3.63, 3.8) is 0 Å². The van der Waals surface area contributed by atoms with Crippen molar-refractivity contribution < 1.29 is 14.4 Å². The SMILES string of the molecule is C/C=C(/CC)C1(CCC)C(=O)NC(=O)N(C)C1=O. The first kappa shape index (κ1) is 14.4. The summed E-state index contributed by atoms with van der Waals surface area (Å²) in [4.78, 5) is 37.1. The quantitative estimate of drug-likeness (QED) is 0.613. The van der Waals surface area contributed by atoms with Gasteiger partial charge in [-0.05, 0) is 25.3 Å². The molecular formula is C13H20N2O3. The molecule has 0 aromatic rings. The van der Waals surface area contributed by atoms with Crippen LogP contribution in [0.3, 0.4) is 0 Å². The fraction of sp³-hybridized carbons (Fsp3) is 0.615. The van der Waals surface area contributed by atoms with Crippen molar-refractivity contribution >= 4 is 17.8 Å². The minimum Gasteiger partial charge on any atom is -0.276 e. The Morgan fingerprint density at radius 2 is 1.94 bits per heavy atom. The monoisotopic (exact) mass is 252 g/mol. The van der Waals surface area contributed by atoms with Crippen molar-refractivity contribution in [2.45, 2.75) is 40.0 Å². The zero-order valence-corrected chi connectivity index (χ0v) is 11.4. The molecule has 0 bridgehead atoms. The van der Waals surface area contributed by atoms with E-state index in [0.717, 1.165) is 10.5 Å². The van der Waals surface area contributed by atoms with E-state index in [2.05, 4.69) is 5.32 Å². The summed E-state index contributed by atoms with van der Waals surface area (Å²) in [7, 11) is 1.40. The van der Waals surface area contributed by atoms with Crippen LogP contribution in [0.15, 0.2) is 11.6 Å². The molecule has 5 nitrogen and oxygen atoms in total. The number of imide groups is 2. The molecule has 0 radical (unpaired) electrons. The molecule has 1 N–H and O–H groups in total. The molecule has 1 fully saturated rings. The Morgan fingerprint density at radius 3 is 2.39 bits per heavy atom. The van der Waals surface area contributed by atoms with E-state index in [0.29, 0.717) is 19.3 Å². The lowest BCUT2D eigenvalue weighted by Gasteiger charge is -2.39. The Kier molecular flexibility index (Phi) is 4.27. The summed E-state index contributed by atoms with van der Waals surface area (Å²) in [5, 5.41) is 2.27. The second kappa shape index (κ2) is 5.33. The lowest BCUT2D eigenvalue weighted by atomic mass is 9.72. The number of nitrogens with one attached hydrogen (secondary N) is 1. The van der Waals surface area contributed by atoms with Gasteiger partial charge in [0.05, 0.1) is 0 Å². The number of rotatable bonds is 4. The van der Waals surface area contributed by atoms with Gasteiger partial charge in [-0.2, -0.15) is 0 Å². The zero-order chi connectivity index (χ0) is 13.9. The van der Waals surface area contributed by atoms with E-state index >= 15 is 0 Å². The maximum atomic E-state index is 12.4. The number of carbonyl (C=O) groups excluding carboxylic acids is 3. The van der Waals surface area contributed by atoms with Crippen LogP contribution in [0.25, 0.3) is 0 Å². The maximum absolute atomic E-state index is 12.4. The Bertz CT molecular complexity index is 414. The number of amides is 4. The molecule has 4 amide bonds.